The lowest BCUT2D eigenvalue weighted by Gasteiger charge is -1.87. The normalized spacial score (nSPS) is 11.5. The van der Waals surface area contributed by atoms with E-state index < -0.39 is 6.03 Å². The summed E-state index contributed by atoms with van der Waals surface area (Å²) in [6.07, 6.45) is 0.781. The number of nitrogens with zero attached hydrogens (tertiary/aromatic N) is 1. The Kier molecular flexibility index (Phi) is 2.84. The predicted octanol–water partition coefficient (Wildman–Crippen LogP) is 0.936. The van der Waals surface area contributed by atoms with Crippen molar-refractivity contribution in [2.75, 3.05) is 0 Å². The van der Waals surface area contributed by atoms with Crippen LogP contribution in [0.3, 0.4) is 0 Å². The molecule has 0 saturated heterocycles. The fourth-order valence-corrected chi connectivity index (χ4v) is 0.267. The highest BCUT2D eigenvalue weighted by atomic mass is 16.2. The topological polar surface area (TPSA) is 55.4 Å². The smallest absolute Gasteiger partial charge is 0.338 e. The van der Waals surface area contributed by atoms with Crippen LogP contribution in [0.5, 0.6) is 0 Å². The summed E-state index contributed by atoms with van der Waals surface area (Å²) < 4.78 is 0. The number of urea groups is 1. The quantitative estimate of drug-likeness (QED) is 0.506. The second-order valence-corrected chi connectivity index (χ2v) is 1.54. The van der Waals surface area contributed by atoms with Gasteiger partial charge < -0.3 is 5.73 Å². The summed E-state index contributed by atoms with van der Waals surface area (Å²) in [6, 6.07) is -0.607. The van der Waals surface area contributed by atoms with Crippen LogP contribution in [0.4, 0.5) is 4.79 Å². The van der Waals surface area contributed by atoms with E-state index in [4.69, 9.17) is 5.73 Å². The Morgan fingerprint density at radius 2 is 2.25 bits per heavy atom. The van der Waals surface area contributed by atoms with Gasteiger partial charge in [0.1, 0.15) is 0 Å². The number of rotatable bonds is 1. The van der Waals surface area contributed by atoms with Gasteiger partial charge in [-0.3, -0.25) is 0 Å². The summed E-state index contributed by atoms with van der Waals surface area (Å²) in [6.45, 7) is 3.69. The average Bonchev–Trinajstić information content (AvgIpc) is 1.65. The van der Waals surface area contributed by atoms with E-state index >= 15 is 0 Å². The van der Waals surface area contributed by atoms with Crippen LogP contribution in [0.25, 0.3) is 0 Å². The van der Waals surface area contributed by atoms with Crippen LogP contribution in [-0.2, 0) is 0 Å². The Labute approximate surface area is 48.6 Å². The van der Waals surface area contributed by atoms with Crippen LogP contribution in [-0.4, -0.2) is 11.7 Å². The van der Waals surface area contributed by atoms with Gasteiger partial charge in [-0.25, -0.2) is 9.79 Å². The number of aliphatic imine (C=N–C) groups is 1. The molecule has 0 saturated carbocycles. The number of amides is 2. The zero-order chi connectivity index (χ0) is 6.57. The van der Waals surface area contributed by atoms with Crippen molar-refractivity contribution in [1.82, 2.24) is 0 Å². The molecule has 3 nitrogen and oxygen atoms in total. The van der Waals surface area contributed by atoms with Crippen LogP contribution < -0.4 is 5.73 Å². The van der Waals surface area contributed by atoms with Gasteiger partial charge >= 0.3 is 6.03 Å². The fourth-order valence-electron chi connectivity index (χ4n) is 0.267. The minimum atomic E-state index is -0.607. The maximum Gasteiger partial charge on any atom is 0.338 e. The molecule has 0 unspecified atom stereocenters. The number of carbonyl (C=O) groups is 1. The molecule has 0 rings (SSSR count). The van der Waals surface area contributed by atoms with Gasteiger partial charge in [-0.2, -0.15) is 0 Å². The third kappa shape index (κ3) is 3.33. The third-order valence-electron chi connectivity index (χ3n) is 0.813. The first kappa shape index (κ1) is 7.14. The molecule has 2 amide bonds. The first-order valence-electron chi connectivity index (χ1n) is 2.50. The first-order valence-corrected chi connectivity index (χ1v) is 2.50. The van der Waals surface area contributed by atoms with Crippen LogP contribution in [0, 0.1) is 0 Å². The van der Waals surface area contributed by atoms with E-state index in [-0.39, 0.29) is 0 Å². The highest BCUT2D eigenvalue weighted by Gasteiger charge is 1.87. The van der Waals surface area contributed by atoms with Crippen molar-refractivity contribution in [2.45, 2.75) is 20.3 Å². The van der Waals surface area contributed by atoms with Crippen molar-refractivity contribution in [3.05, 3.63) is 0 Å². The lowest BCUT2D eigenvalue weighted by molar-refractivity contribution is 0.256. The zero-order valence-corrected chi connectivity index (χ0v) is 5.14. The van der Waals surface area contributed by atoms with Crippen LogP contribution in [0.1, 0.15) is 20.3 Å². The van der Waals surface area contributed by atoms with Gasteiger partial charge in [0.25, 0.3) is 0 Å². The molecule has 8 heavy (non-hydrogen) atoms. The number of hydrogen-bond donors (Lipinski definition) is 1. The molecule has 0 aromatic heterocycles. The number of nitrogens with two attached hydrogens (primary N) is 1. The highest BCUT2D eigenvalue weighted by molar-refractivity contribution is 5.92. The zero-order valence-electron chi connectivity index (χ0n) is 5.14. The Balaban J connectivity index is 3.75. The third-order valence-corrected chi connectivity index (χ3v) is 0.813. The molecule has 0 bridgehead atoms. The van der Waals surface area contributed by atoms with E-state index in [0.717, 1.165) is 12.1 Å². The van der Waals surface area contributed by atoms with Crippen molar-refractivity contribution in [1.29, 1.82) is 0 Å². The summed E-state index contributed by atoms with van der Waals surface area (Å²) in [5.41, 5.74) is 5.52. The van der Waals surface area contributed by atoms with E-state index in [0.29, 0.717) is 0 Å². The lowest BCUT2D eigenvalue weighted by Crippen LogP contribution is -2.06. The molecule has 3 heteroatoms. The second-order valence-electron chi connectivity index (χ2n) is 1.54. The molecule has 46 valence electrons. The molecule has 0 aromatic carbocycles. The Morgan fingerprint density at radius 1 is 1.75 bits per heavy atom. The number of primary amides is 1. The summed E-state index contributed by atoms with van der Waals surface area (Å²) >= 11 is 0. The number of carbonyl (C=O) groups excluding carboxylic acids is 1. The molecule has 0 aromatic rings. The van der Waals surface area contributed by atoms with E-state index in [9.17, 15) is 4.79 Å². The van der Waals surface area contributed by atoms with E-state index in [1.807, 2.05) is 6.92 Å². The average molecular weight is 114 g/mol. The van der Waals surface area contributed by atoms with Gasteiger partial charge in [0.2, 0.25) is 0 Å². The van der Waals surface area contributed by atoms with Crippen LogP contribution in [0.2, 0.25) is 0 Å². The van der Waals surface area contributed by atoms with E-state index in [1.54, 1.807) is 6.92 Å². The molecule has 2 N–H and O–H groups in total. The Bertz CT molecular complexity index is 118. The van der Waals surface area contributed by atoms with Gasteiger partial charge in [-0.15, -0.1) is 0 Å². The van der Waals surface area contributed by atoms with E-state index in [2.05, 4.69) is 4.99 Å². The molecule has 0 aliphatic heterocycles. The summed E-state index contributed by atoms with van der Waals surface area (Å²) in [7, 11) is 0. The SMILES string of the molecule is CCC(C)=NC(N)=O. The van der Waals surface area contributed by atoms with Crippen molar-refractivity contribution < 1.29 is 4.79 Å². The van der Waals surface area contributed by atoms with Gasteiger partial charge in [-0.1, -0.05) is 6.92 Å². The first-order chi connectivity index (χ1) is 3.66. The molecule has 0 atom stereocenters. The minimum absolute atomic E-state index is 0.607. The second kappa shape index (κ2) is 3.18. The highest BCUT2D eigenvalue weighted by Crippen LogP contribution is 1.82. The van der Waals surface area contributed by atoms with Crippen molar-refractivity contribution in [3.8, 4) is 0 Å². The summed E-state index contributed by atoms with van der Waals surface area (Å²) in [5.74, 6) is 0. The fraction of sp³-hybridized carbons (Fsp3) is 0.600. The van der Waals surface area contributed by atoms with Crippen molar-refractivity contribution in [2.24, 2.45) is 10.7 Å². The standard InChI is InChI=1S/C5H10N2O/c1-3-4(2)7-5(6)8/h3H2,1-2H3,(H2,6,8). The van der Waals surface area contributed by atoms with Gasteiger partial charge in [0.05, 0.1) is 0 Å². The minimum Gasteiger partial charge on any atom is -0.350 e. The van der Waals surface area contributed by atoms with Crippen LogP contribution >= 0.6 is 0 Å². The van der Waals surface area contributed by atoms with Crippen molar-refractivity contribution >= 4 is 11.7 Å². The molecule has 0 fully saturated rings. The lowest BCUT2D eigenvalue weighted by atomic mass is 10.3. The Hall–Kier alpha value is -0.860. The van der Waals surface area contributed by atoms with Gasteiger partial charge in [-0.05, 0) is 13.3 Å². The van der Waals surface area contributed by atoms with Gasteiger partial charge in [0.15, 0.2) is 0 Å². The summed E-state index contributed by atoms with van der Waals surface area (Å²) in [4.78, 5) is 13.5. The van der Waals surface area contributed by atoms with Crippen LogP contribution in [0.15, 0.2) is 4.99 Å². The molecule has 0 spiro atoms. The Morgan fingerprint density at radius 3 is 2.38 bits per heavy atom. The van der Waals surface area contributed by atoms with Gasteiger partial charge in [0, 0.05) is 5.71 Å². The monoisotopic (exact) mass is 114 g/mol. The molecule has 0 radical (unpaired) electrons. The van der Waals surface area contributed by atoms with E-state index in [1.165, 1.54) is 0 Å². The maximum absolute atomic E-state index is 10.0. The molecule has 0 aliphatic carbocycles. The molecule has 0 heterocycles. The molecular formula is C5H10N2O. The predicted molar refractivity (Wildman–Crippen MR) is 33.0 cm³/mol. The maximum atomic E-state index is 10.0. The number of hydrogen-bond acceptors (Lipinski definition) is 1. The largest absolute Gasteiger partial charge is 0.350 e. The molecular weight excluding hydrogens is 104 g/mol. The molecule has 0 aliphatic rings. The summed E-state index contributed by atoms with van der Waals surface area (Å²) in [5, 5.41) is 0. The van der Waals surface area contributed by atoms with Crippen molar-refractivity contribution in [3.63, 3.8) is 0 Å².